The zero-order valence-electron chi connectivity index (χ0n) is 15.2. The predicted octanol–water partition coefficient (Wildman–Crippen LogP) is 5.07. The number of rotatable bonds is 2. The van der Waals surface area contributed by atoms with Gasteiger partial charge in [0.2, 0.25) is 0 Å². The molecule has 1 aliphatic carbocycles. The van der Waals surface area contributed by atoms with E-state index in [9.17, 15) is 23.2 Å². The second-order valence-corrected chi connectivity index (χ2v) is 7.70. The second-order valence-electron chi connectivity index (χ2n) is 6.92. The Kier molecular flexibility index (Phi) is 4.71. The SMILES string of the molecule is N#CC1=C(N)N(c2cccc(C(F)(F)F)c2)C2=C(C(=O)CCC2)[C@H]1c1ccsc1. The van der Waals surface area contributed by atoms with E-state index in [1.54, 1.807) is 0 Å². The van der Waals surface area contributed by atoms with Gasteiger partial charge >= 0.3 is 6.18 Å². The van der Waals surface area contributed by atoms with Crippen molar-refractivity contribution in [3.8, 4) is 6.07 Å². The Labute approximate surface area is 169 Å². The zero-order chi connectivity index (χ0) is 20.8. The van der Waals surface area contributed by atoms with E-state index in [0.717, 1.165) is 17.7 Å². The Hall–Kier alpha value is -3.05. The number of nitrogens with two attached hydrogens (primary N) is 1. The summed E-state index contributed by atoms with van der Waals surface area (Å²) in [5, 5.41) is 13.5. The Morgan fingerprint density at radius 2 is 2.03 bits per heavy atom. The molecule has 0 spiro atoms. The molecule has 0 saturated heterocycles. The molecule has 0 amide bonds. The monoisotopic (exact) mass is 415 g/mol. The van der Waals surface area contributed by atoms with Crippen LogP contribution in [0.2, 0.25) is 0 Å². The van der Waals surface area contributed by atoms with E-state index in [-0.39, 0.29) is 22.9 Å². The van der Waals surface area contributed by atoms with Crippen LogP contribution in [0.15, 0.2) is 63.8 Å². The third-order valence-corrected chi connectivity index (χ3v) is 5.92. The van der Waals surface area contributed by atoms with Crippen LogP contribution >= 0.6 is 11.3 Å². The maximum atomic E-state index is 13.2. The number of benzene rings is 1. The Bertz CT molecular complexity index is 1080. The molecule has 0 radical (unpaired) electrons. The average Bonchev–Trinajstić information content (AvgIpc) is 3.21. The van der Waals surface area contributed by atoms with Gasteiger partial charge in [-0.3, -0.25) is 9.69 Å². The van der Waals surface area contributed by atoms with Crippen molar-refractivity contribution in [2.45, 2.75) is 31.4 Å². The molecule has 2 aliphatic rings. The summed E-state index contributed by atoms with van der Waals surface area (Å²) in [7, 11) is 0. The molecule has 1 aromatic heterocycles. The van der Waals surface area contributed by atoms with Gasteiger partial charge in [-0.05, 0) is 53.4 Å². The number of anilines is 1. The summed E-state index contributed by atoms with van der Waals surface area (Å²) >= 11 is 1.44. The number of hydrogen-bond donors (Lipinski definition) is 1. The molecular weight excluding hydrogens is 399 g/mol. The lowest BCUT2D eigenvalue weighted by atomic mass is 9.76. The van der Waals surface area contributed by atoms with Crippen molar-refractivity contribution in [1.82, 2.24) is 0 Å². The maximum absolute atomic E-state index is 13.2. The Morgan fingerprint density at radius 1 is 1.24 bits per heavy atom. The van der Waals surface area contributed by atoms with Crippen LogP contribution in [0.3, 0.4) is 0 Å². The number of thiophene rings is 1. The molecule has 1 aromatic carbocycles. The van der Waals surface area contributed by atoms with E-state index >= 15 is 0 Å². The third-order valence-electron chi connectivity index (χ3n) is 5.22. The molecule has 2 aromatic rings. The summed E-state index contributed by atoms with van der Waals surface area (Å²) in [6, 6.07) is 8.72. The molecule has 4 rings (SSSR count). The summed E-state index contributed by atoms with van der Waals surface area (Å²) in [5.74, 6) is -0.618. The van der Waals surface area contributed by atoms with Crippen molar-refractivity contribution in [2.75, 3.05) is 4.90 Å². The number of hydrogen-bond acceptors (Lipinski definition) is 5. The van der Waals surface area contributed by atoms with Gasteiger partial charge in [-0.1, -0.05) is 6.07 Å². The summed E-state index contributed by atoms with van der Waals surface area (Å²) in [4.78, 5) is 14.3. The highest BCUT2D eigenvalue weighted by Crippen LogP contribution is 2.47. The van der Waals surface area contributed by atoms with Gasteiger partial charge in [0.15, 0.2) is 5.78 Å². The summed E-state index contributed by atoms with van der Waals surface area (Å²) < 4.78 is 39.7. The van der Waals surface area contributed by atoms with Crippen molar-refractivity contribution in [3.63, 3.8) is 0 Å². The topological polar surface area (TPSA) is 70.1 Å². The minimum Gasteiger partial charge on any atom is -0.384 e. The molecule has 2 N–H and O–H groups in total. The van der Waals surface area contributed by atoms with Gasteiger partial charge in [0.1, 0.15) is 5.82 Å². The largest absolute Gasteiger partial charge is 0.416 e. The maximum Gasteiger partial charge on any atom is 0.416 e. The molecule has 0 bridgehead atoms. The standard InChI is InChI=1S/C21H16F3N3OS/c22-21(23,24)13-3-1-4-14(9-13)27-16-5-2-6-17(28)19(16)18(12-7-8-29-11-12)15(10-25)20(27)26/h1,3-4,7-9,11,18H,2,5-6,26H2/t18-/m0/s1. The third kappa shape index (κ3) is 3.21. The minimum atomic E-state index is -4.51. The number of halogens is 3. The van der Waals surface area contributed by atoms with Gasteiger partial charge in [-0.15, -0.1) is 0 Å². The average molecular weight is 415 g/mol. The van der Waals surface area contributed by atoms with Crippen LogP contribution in [0.25, 0.3) is 0 Å². The number of nitrogens with zero attached hydrogens (tertiary/aromatic N) is 2. The lowest BCUT2D eigenvalue weighted by Crippen LogP contribution is -2.38. The van der Waals surface area contributed by atoms with Gasteiger partial charge in [0.05, 0.1) is 23.1 Å². The number of Topliss-reactive ketones (excluding diaryl/α,β-unsaturated/α-hetero) is 1. The van der Waals surface area contributed by atoms with E-state index in [1.807, 2.05) is 16.8 Å². The zero-order valence-corrected chi connectivity index (χ0v) is 16.0. The minimum absolute atomic E-state index is 0.0662. The fourth-order valence-corrected chi connectivity index (χ4v) is 4.66. The first-order valence-electron chi connectivity index (χ1n) is 8.98. The van der Waals surface area contributed by atoms with E-state index in [2.05, 4.69) is 6.07 Å². The van der Waals surface area contributed by atoms with Crippen LogP contribution in [0.5, 0.6) is 0 Å². The van der Waals surface area contributed by atoms with E-state index in [1.165, 1.54) is 28.4 Å². The number of carbonyl (C=O) groups excluding carboxylic acids is 1. The number of nitriles is 1. The van der Waals surface area contributed by atoms with Crippen molar-refractivity contribution in [1.29, 1.82) is 5.26 Å². The molecule has 4 nitrogen and oxygen atoms in total. The fourth-order valence-electron chi connectivity index (χ4n) is 3.98. The summed E-state index contributed by atoms with van der Waals surface area (Å²) in [6.07, 6.45) is -3.09. The first-order valence-corrected chi connectivity index (χ1v) is 9.92. The molecule has 29 heavy (non-hydrogen) atoms. The van der Waals surface area contributed by atoms with Crippen LogP contribution < -0.4 is 10.6 Å². The van der Waals surface area contributed by atoms with Crippen LogP contribution in [-0.2, 0) is 11.0 Å². The molecule has 148 valence electrons. The van der Waals surface area contributed by atoms with Gasteiger partial charge in [-0.2, -0.15) is 29.8 Å². The van der Waals surface area contributed by atoms with Crippen molar-refractivity contribution in [2.24, 2.45) is 5.73 Å². The Balaban J connectivity index is 1.95. The van der Waals surface area contributed by atoms with Crippen LogP contribution in [0.1, 0.15) is 36.3 Å². The number of alkyl halides is 3. The number of allylic oxidation sites excluding steroid dienone is 3. The highest BCUT2D eigenvalue weighted by molar-refractivity contribution is 7.08. The fraction of sp³-hybridized carbons (Fsp3) is 0.238. The lowest BCUT2D eigenvalue weighted by molar-refractivity contribution is -0.137. The number of ketones is 1. The summed E-state index contributed by atoms with van der Waals surface area (Å²) in [6.45, 7) is 0. The Morgan fingerprint density at radius 3 is 2.69 bits per heavy atom. The van der Waals surface area contributed by atoms with Crippen LogP contribution in [-0.4, -0.2) is 5.78 Å². The highest BCUT2D eigenvalue weighted by atomic mass is 32.1. The van der Waals surface area contributed by atoms with Crippen LogP contribution in [0.4, 0.5) is 18.9 Å². The first kappa shape index (κ1) is 19.3. The smallest absolute Gasteiger partial charge is 0.384 e. The molecule has 0 fully saturated rings. The quantitative estimate of drug-likeness (QED) is 0.743. The van der Waals surface area contributed by atoms with Crippen molar-refractivity contribution < 1.29 is 18.0 Å². The highest BCUT2D eigenvalue weighted by Gasteiger charge is 2.41. The van der Waals surface area contributed by atoms with Gasteiger partial charge < -0.3 is 5.73 Å². The van der Waals surface area contributed by atoms with Crippen molar-refractivity contribution in [3.05, 3.63) is 74.9 Å². The molecule has 8 heteroatoms. The lowest BCUT2D eigenvalue weighted by Gasteiger charge is -2.39. The number of carbonyl (C=O) groups is 1. The molecule has 1 aliphatic heterocycles. The van der Waals surface area contributed by atoms with E-state index in [4.69, 9.17) is 5.73 Å². The normalized spacial score (nSPS) is 20.0. The molecule has 0 saturated carbocycles. The summed E-state index contributed by atoms with van der Waals surface area (Å²) in [5.41, 5.74) is 7.71. The molecule has 0 unspecified atom stereocenters. The van der Waals surface area contributed by atoms with Gasteiger partial charge in [0.25, 0.3) is 0 Å². The molecule has 2 heterocycles. The van der Waals surface area contributed by atoms with Crippen LogP contribution in [0, 0.1) is 11.3 Å². The van der Waals surface area contributed by atoms with Gasteiger partial charge in [0, 0.05) is 23.4 Å². The van der Waals surface area contributed by atoms with E-state index in [0.29, 0.717) is 30.5 Å². The van der Waals surface area contributed by atoms with Crippen molar-refractivity contribution >= 4 is 22.8 Å². The van der Waals surface area contributed by atoms with Gasteiger partial charge in [-0.25, -0.2) is 0 Å². The molecule has 1 atom stereocenters. The van der Waals surface area contributed by atoms with E-state index < -0.39 is 17.7 Å². The predicted molar refractivity (Wildman–Crippen MR) is 104 cm³/mol. The molecular formula is C21H16F3N3OS. The second kappa shape index (κ2) is 7.08. The first-order chi connectivity index (χ1) is 13.8.